The normalized spacial score (nSPS) is 19.4. The first kappa shape index (κ1) is 8.10. The predicted octanol–water partition coefficient (Wildman–Crippen LogP) is 3.15. The Kier molecular flexibility index (Phi) is 1.66. The number of fused-ring (bicyclic) bond motifs is 2. The molecule has 72 valence electrons. The Hall–Kier alpha value is -1.24. The third kappa shape index (κ3) is 1.08. The lowest BCUT2D eigenvalue weighted by Crippen LogP contribution is -1.93. The van der Waals surface area contributed by atoms with Gasteiger partial charge in [-0.05, 0) is 60.9 Å². The number of nitrogens with two attached hydrogens (primary N) is 1. The van der Waals surface area contributed by atoms with Gasteiger partial charge in [0.15, 0.2) is 0 Å². The minimum absolute atomic E-state index is 0.906. The molecule has 1 heteroatoms. The number of nitrogen functional groups attached to an aromatic ring is 1. The summed E-state index contributed by atoms with van der Waals surface area (Å²) in [5.74, 6) is 0. The van der Waals surface area contributed by atoms with Gasteiger partial charge in [0.25, 0.3) is 0 Å². The Bertz CT molecular complexity index is 415. The first-order valence-corrected chi connectivity index (χ1v) is 5.44. The van der Waals surface area contributed by atoms with Gasteiger partial charge in [-0.1, -0.05) is 11.6 Å². The highest BCUT2D eigenvalue weighted by Crippen LogP contribution is 2.41. The molecule has 0 aliphatic heterocycles. The summed E-state index contributed by atoms with van der Waals surface area (Å²) in [6.45, 7) is 0. The molecule has 1 aromatic rings. The molecule has 14 heavy (non-hydrogen) atoms. The zero-order valence-corrected chi connectivity index (χ0v) is 8.34. The van der Waals surface area contributed by atoms with Crippen LogP contribution in [-0.4, -0.2) is 0 Å². The summed E-state index contributed by atoms with van der Waals surface area (Å²) in [5.41, 5.74) is 13.0. The van der Waals surface area contributed by atoms with E-state index >= 15 is 0 Å². The number of rotatable bonds is 0. The zero-order chi connectivity index (χ0) is 9.54. The number of anilines is 1. The van der Waals surface area contributed by atoms with Gasteiger partial charge in [-0.2, -0.15) is 0 Å². The summed E-state index contributed by atoms with van der Waals surface area (Å²) in [5, 5.41) is 0. The van der Waals surface area contributed by atoms with Crippen LogP contribution >= 0.6 is 0 Å². The summed E-state index contributed by atoms with van der Waals surface area (Å²) < 4.78 is 0. The Morgan fingerprint density at radius 1 is 1.07 bits per heavy atom. The first-order chi connectivity index (χ1) is 6.84. The monoisotopic (exact) mass is 185 g/mol. The van der Waals surface area contributed by atoms with Gasteiger partial charge in [-0.25, -0.2) is 0 Å². The van der Waals surface area contributed by atoms with Gasteiger partial charge in [0.1, 0.15) is 0 Å². The maximum absolute atomic E-state index is 5.80. The minimum atomic E-state index is 0.906. The highest BCUT2D eigenvalue weighted by atomic mass is 14.5. The highest BCUT2D eigenvalue weighted by Gasteiger charge is 2.23. The molecule has 2 aliphatic rings. The van der Waals surface area contributed by atoms with E-state index in [1.54, 1.807) is 11.1 Å². The number of hydrogen-bond donors (Lipinski definition) is 1. The van der Waals surface area contributed by atoms with E-state index in [4.69, 9.17) is 5.73 Å². The van der Waals surface area contributed by atoms with Crippen LogP contribution in [0.1, 0.15) is 36.8 Å². The van der Waals surface area contributed by atoms with Crippen molar-refractivity contribution in [3.05, 3.63) is 34.9 Å². The van der Waals surface area contributed by atoms with Crippen molar-refractivity contribution in [1.29, 1.82) is 0 Å². The third-order valence-electron chi connectivity index (χ3n) is 3.44. The summed E-state index contributed by atoms with van der Waals surface area (Å²) in [4.78, 5) is 0. The Morgan fingerprint density at radius 2 is 1.93 bits per heavy atom. The van der Waals surface area contributed by atoms with Crippen LogP contribution in [0, 0.1) is 0 Å². The third-order valence-corrected chi connectivity index (χ3v) is 3.44. The van der Waals surface area contributed by atoms with Gasteiger partial charge in [0.05, 0.1) is 0 Å². The van der Waals surface area contributed by atoms with E-state index in [-0.39, 0.29) is 0 Å². The molecule has 2 N–H and O–H groups in total. The fourth-order valence-corrected chi connectivity index (χ4v) is 2.77. The molecule has 0 amide bonds. The maximum Gasteiger partial charge on any atom is 0.0317 e. The minimum Gasteiger partial charge on any atom is -0.399 e. The number of benzene rings is 1. The van der Waals surface area contributed by atoms with Crippen LogP contribution in [0.5, 0.6) is 0 Å². The molecular formula is C13H15N. The van der Waals surface area contributed by atoms with Crippen LogP contribution in [0.15, 0.2) is 23.8 Å². The largest absolute Gasteiger partial charge is 0.399 e. The van der Waals surface area contributed by atoms with Crippen molar-refractivity contribution in [3.8, 4) is 0 Å². The predicted molar refractivity (Wildman–Crippen MR) is 59.9 cm³/mol. The van der Waals surface area contributed by atoms with Crippen molar-refractivity contribution in [2.75, 3.05) is 5.73 Å². The van der Waals surface area contributed by atoms with Crippen molar-refractivity contribution < 1.29 is 0 Å². The van der Waals surface area contributed by atoms with E-state index < -0.39 is 0 Å². The van der Waals surface area contributed by atoms with Crippen LogP contribution in [0.4, 0.5) is 5.69 Å². The molecular weight excluding hydrogens is 170 g/mol. The molecule has 0 saturated heterocycles. The van der Waals surface area contributed by atoms with E-state index in [2.05, 4.69) is 12.1 Å². The van der Waals surface area contributed by atoms with Crippen molar-refractivity contribution >= 4 is 11.3 Å². The standard InChI is InChI=1S/C13H15N/c14-11-5-6-13-10(8-11)7-9-3-1-2-4-12(9)13/h5-6,8H,1-4,7,14H2. The van der Waals surface area contributed by atoms with Gasteiger partial charge in [0, 0.05) is 5.69 Å². The van der Waals surface area contributed by atoms with Gasteiger partial charge < -0.3 is 5.73 Å². The molecule has 0 aromatic heterocycles. The quantitative estimate of drug-likeness (QED) is 0.617. The maximum atomic E-state index is 5.80. The SMILES string of the molecule is Nc1ccc2c(c1)CC1=C2CCCC1. The highest BCUT2D eigenvalue weighted by molar-refractivity contribution is 5.78. The van der Waals surface area contributed by atoms with E-state index in [0.717, 1.165) is 12.1 Å². The summed E-state index contributed by atoms with van der Waals surface area (Å²) >= 11 is 0. The van der Waals surface area contributed by atoms with E-state index in [1.165, 1.54) is 36.8 Å². The van der Waals surface area contributed by atoms with Crippen LogP contribution in [0.2, 0.25) is 0 Å². The molecule has 0 radical (unpaired) electrons. The Balaban J connectivity index is 2.10. The number of hydrogen-bond acceptors (Lipinski definition) is 1. The molecule has 0 atom stereocenters. The van der Waals surface area contributed by atoms with Crippen molar-refractivity contribution in [2.24, 2.45) is 0 Å². The Labute approximate surface area is 84.6 Å². The lowest BCUT2D eigenvalue weighted by molar-refractivity contribution is 0.711. The molecule has 0 spiro atoms. The molecule has 0 heterocycles. The van der Waals surface area contributed by atoms with Gasteiger partial charge in [0.2, 0.25) is 0 Å². The van der Waals surface area contributed by atoms with Crippen LogP contribution in [-0.2, 0) is 6.42 Å². The molecule has 0 unspecified atom stereocenters. The van der Waals surface area contributed by atoms with Gasteiger partial charge in [-0.3, -0.25) is 0 Å². The van der Waals surface area contributed by atoms with Gasteiger partial charge >= 0.3 is 0 Å². The summed E-state index contributed by atoms with van der Waals surface area (Å²) in [7, 11) is 0. The first-order valence-electron chi connectivity index (χ1n) is 5.44. The smallest absolute Gasteiger partial charge is 0.0317 e. The molecule has 2 aliphatic carbocycles. The van der Waals surface area contributed by atoms with Crippen LogP contribution in [0.25, 0.3) is 5.57 Å². The van der Waals surface area contributed by atoms with E-state index in [9.17, 15) is 0 Å². The van der Waals surface area contributed by atoms with Crippen molar-refractivity contribution in [3.63, 3.8) is 0 Å². The molecule has 0 bridgehead atoms. The average Bonchev–Trinajstić information content (AvgIpc) is 2.54. The molecule has 0 saturated carbocycles. The number of allylic oxidation sites excluding steroid dienone is 2. The molecule has 0 fully saturated rings. The Morgan fingerprint density at radius 3 is 2.86 bits per heavy atom. The fraction of sp³-hybridized carbons (Fsp3) is 0.385. The second kappa shape index (κ2) is 2.88. The topological polar surface area (TPSA) is 26.0 Å². The fourth-order valence-electron chi connectivity index (χ4n) is 2.77. The van der Waals surface area contributed by atoms with Crippen LogP contribution < -0.4 is 5.73 Å². The molecule has 3 rings (SSSR count). The lowest BCUT2D eigenvalue weighted by atomic mass is 9.92. The second-order valence-corrected chi connectivity index (χ2v) is 4.38. The zero-order valence-electron chi connectivity index (χ0n) is 8.34. The van der Waals surface area contributed by atoms with Crippen molar-refractivity contribution in [2.45, 2.75) is 32.1 Å². The van der Waals surface area contributed by atoms with Crippen LogP contribution in [0.3, 0.4) is 0 Å². The molecule has 1 aromatic carbocycles. The van der Waals surface area contributed by atoms with E-state index in [0.29, 0.717) is 0 Å². The second-order valence-electron chi connectivity index (χ2n) is 4.38. The molecule has 1 nitrogen and oxygen atoms in total. The average molecular weight is 185 g/mol. The summed E-state index contributed by atoms with van der Waals surface area (Å²) in [6.07, 6.45) is 6.50. The summed E-state index contributed by atoms with van der Waals surface area (Å²) in [6, 6.07) is 6.38. The van der Waals surface area contributed by atoms with Gasteiger partial charge in [-0.15, -0.1) is 0 Å². The lowest BCUT2D eigenvalue weighted by Gasteiger charge is -2.13. The van der Waals surface area contributed by atoms with E-state index in [1.807, 2.05) is 6.07 Å². The van der Waals surface area contributed by atoms with Crippen molar-refractivity contribution in [1.82, 2.24) is 0 Å².